The van der Waals surface area contributed by atoms with E-state index in [0.717, 1.165) is 37.8 Å². The summed E-state index contributed by atoms with van der Waals surface area (Å²) in [7, 11) is -3.44. The maximum atomic E-state index is 12.6. The molecular weight excluding hydrogens is 286 g/mol. The fourth-order valence-corrected chi connectivity index (χ4v) is 4.64. The van der Waals surface area contributed by atoms with Gasteiger partial charge in [0.1, 0.15) is 0 Å². The maximum absolute atomic E-state index is 12.6. The van der Waals surface area contributed by atoms with Crippen LogP contribution in [0.15, 0.2) is 17.2 Å². The minimum absolute atomic E-state index is 0.0515. The highest BCUT2D eigenvalue weighted by atomic mass is 32.2. The molecule has 2 saturated carbocycles. The van der Waals surface area contributed by atoms with Crippen LogP contribution in [0.5, 0.6) is 0 Å². The van der Waals surface area contributed by atoms with Crippen molar-refractivity contribution in [1.82, 2.24) is 9.29 Å². The second-order valence-electron chi connectivity index (χ2n) is 7.23. The molecule has 0 aliphatic heterocycles. The van der Waals surface area contributed by atoms with E-state index in [0.29, 0.717) is 17.5 Å². The van der Waals surface area contributed by atoms with E-state index >= 15 is 0 Å². The van der Waals surface area contributed by atoms with Crippen molar-refractivity contribution in [2.75, 3.05) is 0 Å². The van der Waals surface area contributed by atoms with Crippen LogP contribution in [-0.4, -0.2) is 19.0 Å². The number of rotatable bonds is 5. The van der Waals surface area contributed by atoms with Crippen LogP contribution in [0, 0.1) is 5.41 Å². The Kier molecular flexibility index (Phi) is 3.66. The smallest absolute Gasteiger partial charge is 0.242 e. The molecule has 2 aliphatic carbocycles. The van der Waals surface area contributed by atoms with Crippen LogP contribution in [0.2, 0.25) is 0 Å². The summed E-state index contributed by atoms with van der Waals surface area (Å²) >= 11 is 0. The van der Waals surface area contributed by atoms with Gasteiger partial charge in [0.25, 0.3) is 0 Å². The monoisotopic (exact) mass is 311 g/mol. The van der Waals surface area contributed by atoms with E-state index < -0.39 is 10.0 Å². The van der Waals surface area contributed by atoms with E-state index in [1.165, 1.54) is 0 Å². The van der Waals surface area contributed by atoms with Crippen molar-refractivity contribution in [3.05, 3.63) is 18.0 Å². The quantitative estimate of drug-likeness (QED) is 0.874. The fourth-order valence-electron chi connectivity index (χ4n) is 3.32. The lowest BCUT2D eigenvalue weighted by Gasteiger charge is -2.17. The highest BCUT2D eigenvalue weighted by molar-refractivity contribution is 7.89. The first kappa shape index (κ1) is 15.1. The normalized spacial score (nSPS) is 25.4. The van der Waals surface area contributed by atoms with Crippen LogP contribution in [0.3, 0.4) is 0 Å². The number of hydrogen-bond acceptors (Lipinski definition) is 3. The number of nitrogens with one attached hydrogen (secondary N) is 1. The summed E-state index contributed by atoms with van der Waals surface area (Å²) in [5.41, 5.74) is 6.87. The molecule has 0 spiro atoms. The van der Waals surface area contributed by atoms with Gasteiger partial charge in [0, 0.05) is 30.5 Å². The van der Waals surface area contributed by atoms with Crippen molar-refractivity contribution in [1.29, 1.82) is 0 Å². The minimum Gasteiger partial charge on any atom is -0.346 e. The number of aromatic nitrogens is 1. The molecule has 0 saturated heterocycles. The van der Waals surface area contributed by atoms with Crippen LogP contribution in [0.4, 0.5) is 0 Å². The third kappa shape index (κ3) is 3.17. The first-order chi connectivity index (χ1) is 9.81. The first-order valence-corrected chi connectivity index (χ1v) is 9.22. The molecule has 1 atom stereocenters. The van der Waals surface area contributed by atoms with E-state index in [1.54, 1.807) is 12.3 Å². The molecular formula is C15H25N3O2S. The van der Waals surface area contributed by atoms with Crippen LogP contribution in [0.25, 0.3) is 0 Å². The highest BCUT2D eigenvalue weighted by Gasteiger charge is 2.34. The Labute approximate surface area is 127 Å². The predicted octanol–water partition coefficient (Wildman–Crippen LogP) is 2.14. The number of sulfonamides is 1. The van der Waals surface area contributed by atoms with Gasteiger partial charge in [0.15, 0.2) is 0 Å². The third-order valence-electron chi connectivity index (χ3n) is 4.66. The van der Waals surface area contributed by atoms with Crippen LogP contribution in [-0.2, 0) is 16.6 Å². The lowest BCUT2D eigenvalue weighted by Crippen LogP contribution is -2.33. The predicted molar refractivity (Wildman–Crippen MR) is 82.3 cm³/mol. The molecule has 118 valence electrons. The lowest BCUT2D eigenvalue weighted by atomic mass is 9.92. The van der Waals surface area contributed by atoms with Gasteiger partial charge in [0.05, 0.1) is 4.90 Å². The van der Waals surface area contributed by atoms with Crippen molar-refractivity contribution in [2.24, 2.45) is 11.1 Å². The van der Waals surface area contributed by atoms with Crippen LogP contribution in [0.1, 0.15) is 57.7 Å². The average molecular weight is 311 g/mol. The third-order valence-corrected chi connectivity index (χ3v) is 6.14. The van der Waals surface area contributed by atoms with E-state index in [4.69, 9.17) is 5.73 Å². The molecule has 6 heteroatoms. The summed E-state index contributed by atoms with van der Waals surface area (Å²) in [5, 5.41) is 0. The van der Waals surface area contributed by atoms with Gasteiger partial charge in [-0.2, -0.15) is 0 Å². The SMILES string of the molecule is CC1(C)CCC(NS(=O)(=O)c2cc(CN)n(C3CC3)c2)C1. The van der Waals surface area contributed by atoms with Gasteiger partial charge in [-0.25, -0.2) is 13.1 Å². The van der Waals surface area contributed by atoms with Gasteiger partial charge >= 0.3 is 0 Å². The molecule has 3 rings (SSSR count). The zero-order valence-corrected chi connectivity index (χ0v) is 13.6. The molecule has 0 amide bonds. The molecule has 0 bridgehead atoms. The second kappa shape index (κ2) is 5.11. The summed E-state index contributed by atoms with van der Waals surface area (Å²) in [6, 6.07) is 2.22. The Morgan fingerprint density at radius 1 is 1.38 bits per heavy atom. The summed E-state index contributed by atoms with van der Waals surface area (Å²) in [5.74, 6) is 0. The van der Waals surface area contributed by atoms with Crippen molar-refractivity contribution in [3.63, 3.8) is 0 Å². The second-order valence-corrected chi connectivity index (χ2v) is 8.95. The van der Waals surface area contributed by atoms with Crippen LogP contribution >= 0.6 is 0 Å². The lowest BCUT2D eigenvalue weighted by molar-refractivity contribution is 0.372. The topological polar surface area (TPSA) is 77.1 Å². The molecule has 5 nitrogen and oxygen atoms in total. The molecule has 2 aliphatic rings. The summed E-state index contributed by atoms with van der Waals surface area (Å²) < 4.78 is 30.0. The zero-order chi connectivity index (χ0) is 15.3. The van der Waals surface area contributed by atoms with Crippen molar-refractivity contribution in [3.8, 4) is 0 Å². The first-order valence-electron chi connectivity index (χ1n) is 7.74. The fraction of sp³-hybridized carbons (Fsp3) is 0.733. The molecule has 2 fully saturated rings. The molecule has 1 unspecified atom stereocenters. The summed E-state index contributed by atoms with van der Waals surface area (Å²) in [6.45, 7) is 4.76. The van der Waals surface area contributed by atoms with Crippen molar-refractivity contribution >= 4 is 10.0 Å². The van der Waals surface area contributed by atoms with Gasteiger partial charge in [-0.15, -0.1) is 0 Å². The number of nitrogens with two attached hydrogens (primary N) is 1. The molecule has 3 N–H and O–H groups in total. The van der Waals surface area contributed by atoms with E-state index in [-0.39, 0.29) is 11.5 Å². The van der Waals surface area contributed by atoms with Crippen molar-refractivity contribution < 1.29 is 8.42 Å². The van der Waals surface area contributed by atoms with Gasteiger partial charge in [-0.1, -0.05) is 13.8 Å². The molecule has 21 heavy (non-hydrogen) atoms. The Morgan fingerprint density at radius 2 is 2.10 bits per heavy atom. The zero-order valence-electron chi connectivity index (χ0n) is 12.8. The Morgan fingerprint density at radius 3 is 2.62 bits per heavy atom. The summed E-state index contributed by atoms with van der Waals surface area (Å²) in [6.07, 6.45) is 6.87. The van der Waals surface area contributed by atoms with E-state index in [2.05, 4.69) is 18.6 Å². The number of hydrogen-bond donors (Lipinski definition) is 2. The highest BCUT2D eigenvalue weighted by Crippen LogP contribution is 2.39. The van der Waals surface area contributed by atoms with Crippen molar-refractivity contribution in [2.45, 2.75) is 69.5 Å². The molecule has 1 aromatic heterocycles. The van der Waals surface area contributed by atoms with Crippen LogP contribution < -0.4 is 10.5 Å². The largest absolute Gasteiger partial charge is 0.346 e. The molecule has 1 heterocycles. The Balaban J connectivity index is 1.78. The van der Waals surface area contributed by atoms with Gasteiger partial charge < -0.3 is 10.3 Å². The van der Waals surface area contributed by atoms with Gasteiger partial charge in [-0.3, -0.25) is 0 Å². The van der Waals surface area contributed by atoms with Gasteiger partial charge in [0.2, 0.25) is 10.0 Å². The Bertz CT molecular complexity index is 629. The summed E-state index contributed by atoms with van der Waals surface area (Å²) in [4.78, 5) is 0.361. The van der Waals surface area contributed by atoms with E-state index in [1.807, 2.05) is 4.57 Å². The number of nitrogens with zero attached hydrogens (tertiary/aromatic N) is 1. The molecule has 0 radical (unpaired) electrons. The molecule has 0 aromatic carbocycles. The molecule has 1 aromatic rings. The maximum Gasteiger partial charge on any atom is 0.242 e. The average Bonchev–Trinajstić information content (AvgIpc) is 3.04. The minimum atomic E-state index is -3.44. The van der Waals surface area contributed by atoms with Gasteiger partial charge in [-0.05, 0) is 43.6 Å². The standard InChI is InChI=1S/C15H25N3O2S/c1-15(2)6-5-11(8-15)17-21(19,20)14-7-13(9-16)18(10-14)12-3-4-12/h7,10-12,17H,3-6,8-9,16H2,1-2H3. The Hall–Kier alpha value is -0.850. The van der Waals surface area contributed by atoms with E-state index in [9.17, 15) is 8.42 Å².